The molecule has 0 spiro atoms. The second-order valence-electron chi connectivity index (χ2n) is 4.45. The molecule has 2 rings (SSSR count). The van der Waals surface area contributed by atoms with Gasteiger partial charge in [0.25, 0.3) is 5.91 Å². The Morgan fingerprint density at radius 3 is 2.86 bits per heavy atom. The first-order valence-electron chi connectivity index (χ1n) is 6.55. The van der Waals surface area contributed by atoms with Gasteiger partial charge in [-0.15, -0.1) is 0 Å². The summed E-state index contributed by atoms with van der Waals surface area (Å²) in [5.41, 5.74) is 7.65. The number of hydrogen-bond acceptors (Lipinski definition) is 4. The molecule has 21 heavy (non-hydrogen) atoms. The number of nitrogens with zero attached hydrogens (tertiary/aromatic N) is 2. The third-order valence-electron chi connectivity index (χ3n) is 2.89. The number of carbonyl (C=O) groups is 1. The summed E-state index contributed by atoms with van der Waals surface area (Å²) in [5, 5.41) is 2.90. The molecule has 1 heterocycles. The second kappa shape index (κ2) is 7.17. The molecule has 5 heteroatoms. The maximum absolute atomic E-state index is 12.0. The Morgan fingerprint density at radius 1 is 1.38 bits per heavy atom. The van der Waals surface area contributed by atoms with Crippen molar-refractivity contribution in [2.45, 2.75) is 13.0 Å². The maximum atomic E-state index is 12.0. The topological polar surface area (TPSA) is 80.9 Å². The number of nitrogens with one attached hydrogen (secondary N) is 1. The van der Waals surface area contributed by atoms with Gasteiger partial charge in [0.15, 0.2) is 0 Å². The van der Waals surface area contributed by atoms with Gasteiger partial charge < -0.3 is 11.1 Å². The van der Waals surface area contributed by atoms with Crippen molar-refractivity contribution in [3.8, 4) is 11.8 Å². The van der Waals surface area contributed by atoms with Crippen LogP contribution >= 0.6 is 0 Å². The van der Waals surface area contributed by atoms with Gasteiger partial charge in [-0.1, -0.05) is 24.0 Å². The molecule has 0 radical (unpaired) electrons. The van der Waals surface area contributed by atoms with Crippen LogP contribution in [0.5, 0.6) is 0 Å². The number of hydrogen-bond donors (Lipinski definition) is 2. The predicted molar refractivity (Wildman–Crippen MR) is 80.3 cm³/mol. The highest BCUT2D eigenvalue weighted by Crippen LogP contribution is 2.14. The van der Waals surface area contributed by atoms with E-state index in [0.29, 0.717) is 12.1 Å². The van der Waals surface area contributed by atoms with Gasteiger partial charge in [0.05, 0.1) is 18.2 Å². The first-order chi connectivity index (χ1) is 10.2. The fraction of sp³-hybridized carbons (Fsp3) is 0.188. The van der Waals surface area contributed by atoms with E-state index in [9.17, 15) is 4.79 Å². The van der Waals surface area contributed by atoms with Crippen LogP contribution in [0.25, 0.3) is 0 Å². The third-order valence-corrected chi connectivity index (χ3v) is 2.89. The number of rotatable bonds is 3. The van der Waals surface area contributed by atoms with Crippen LogP contribution in [-0.4, -0.2) is 22.4 Å². The molecule has 0 aliphatic heterocycles. The predicted octanol–water partition coefficient (Wildman–Crippen LogP) is 1.28. The minimum atomic E-state index is -0.207. The van der Waals surface area contributed by atoms with E-state index in [2.05, 4.69) is 27.1 Å². The summed E-state index contributed by atoms with van der Waals surface area (Å²) in [6.45, 7) is 2.24. The number of aromatic nitrogens is 2. The third kappa shape index (κ3) is 4.13. The van der Waals surface area contributed by atoms with Crippen molar-refractivity contribution in [2.75, 3.05) is 6.54 Å². The van der Waals surface area contributed by atoms with Gasteiger partial charge in [-0.3, -0.25) is 4.79 Å². The van der Waals surface area contributed by atoms with E-state index in [1.165, 1.54) is 18.7 Å². The Bertz CT molecular complexity index is 673. The molecule has 1 unspecified atom stereocenters. The van der Waals surface area contributed by atoms with Crippen LogP contribution in [0, 0.1) is 11.8 Å². The average molecular weight is 280 g/mol. The van der Waals surface area contributed by atoms with Crippen LogP contribution in [0.1, 0.15) is 34.5 Å². The first kappa shape index (κ1) is 14.7. The van der Waals surface area contributed by atoms with E-state index < -0.39 is 0 Å². The molecular weight excluding hydrogens is 264 g/mol. The van der Waals surface area contributed by atoms with E-state index >= 15 is 0 Å². The molecule has 0 saturated heterocycles. The van der Waals surface area contributed by atoms with Crippen LogP contribution < -0.4 is 11.1 Å². The van der Waals surface area contributed by atoms with Gasteiger partial charge in [-0.2, -0.15) is 0 Å². The monoisotopic (exact) mass is 280 g/mol. The first-order valence-corrected chi connectivity index (χ1v) is 6.55. The molecule has 0 saturated carbocycles. The summed E-state index contributed by atoms with van der Waals surface area (Å²) in [7, 11) is 0. The zero-order chi connectivity index (χ0) is 15.1. The Morgan fingerprint density at radius 2 is 2.14 bits per heavy atom. The standard InChI is InChI=1S/C16H16N4O/c1-12(20-16(21)15-9-18-11-19-10-15)14-6-2-4-13(8-14)5-3-7-17/h2,4,6,8-12H,7,17H2,1H3,(H,20,21). The highest BCUT2D eigenvalue weighted by atomic mass is 16.1. The zero-order valence-corrected chi connectivity index (χ0v) is 11.7. The number of benzene rings is 1. The molecule has 1 aromatic heterocycles. The second-order valence-corrected chi connectivity index (χ2v) is 4.45. The minimum absolute atomic E-state index is 0.141. The van der Waals surface area contributed by atoms with Gasteiger partial charge in [0.1, 0.15) is 6.33 Å². The lowest BCUT2D eigenvalue weighted by atomic mass is 10.0. The van der Waals surface area contributed by atoms with Crippen molar-refractivity contribution in [1.29, 1.82) is 0 Å². The molecule has 3 N–H and O–H groups in total. The van der Waals surface area contributed by atoms with Crippen LogP contribution in [0.4, 0.5) is 0 Å². The van der Waals surface area contributed by atoms with Crippen LogP contribution in [-0.2, 0) is 0 Å². The summed E-state index contributed by atoms with van der Waals surface area (Å²) in [4.78, 5) is 19.7. The fourth-order valence-electron chi connectivity index (χ4n) is 1.82. The van der Waals surface area contributed by atoms with Crippen LogP contribution in [0.15, 0.2) is 43.0 Å². The number of nitrogens with two attached hydrogens (primary N) is 1. The van der Waals surface area contributed by atoms with E-state index in [1.807, 2.05) is 31.2 Å². The smallest absolute Gasteiger partial charge is 0.254 e. The molecule has 5 nitrogen and oxygen atoms in total. The Labute approximate surface area is 123 Å². The highest BCUT2D eigenvalue weighted by Gasteiger charge is 2.11. The summed E-state index contributed by atoms with van der Waals surface area (Å²) in [6.07, 6.45) is 4.36. The van der Waals surface area contributed by atoms with Crippen molar-refractivity contribution in [3.05, 3.63) is 59.7 Å². The van der Waals surface area contributed by atoms with E-state index in [4.69, 9.17) is 5.73 Å². The average Bonchev–Trinajstić information content (AvgIpc) is 2.54. The van der Waals surface area contributed by atoms with E-state index in [1.54, 1.807) is 0 Å². The molecular formula is C16H16N4O. The van der Waals surface area contributed by atoms with Crippen molar-refractivity contribution in [3.63, 3.8) is 0 Å². The summed E-state index contributed by atoms with van der Waals surface area (Å²) >= 11 is 0. The Hall–Kier alpha value is -2.71. The highest BCUT2D eigenvalue weighted by molar-refractivity contribution is 5.93. The van der Waals surface area contributed by atoms with Gasteiger partial charge in [-0.25, -0.2) is 9.97 Å². The fourth-order valence-corrected chi connectivity index (χ4v) is 1.82. The lowest BCUT2D eigenvalue weighted by molar-refractivity contribution is 0.0939. The van der Waals surface area contributed by atoms with Crippen molar-refractivity contribution >= 4 is 5.91 Å². The van der Waals surface area contributed by atoms with Crippen molar-refractivity contribution in [2.24, 2.45) is 5.73 Å². The molecule has 0 bridgehead atoms. The zero-order valence-electron chi connectivity index (χ0n) is 11.7. The van der Waals surface area contributed by atoms with E-state index in [-0.39, 0.29) is 11.9 Å². The molecule has 1 amide bonds. The summed E-state index contributed by atoms with van der Waals surface area (Å²) < 4.78 is 0. The largest absolute Gasteiger partial charge is 0.345 e. The van der Waals surface area contributed by atoms with Gasteiger partial charge in [0.2, 0.25) is 0 Å². The number of carbonyl (C=O) groups excluding carboxylic acids is 1. The van der Waals surface area contributed by atoms with E-state index in [0.717, 1.165) is 11.1 Å². The quantitative estimate of drug-likeness (QED) is 0.830. The van der Waals surface area contributed by atoms with Crippen molar-refractivity contribution < 1.29 is 4.79 Å². The minimum Gasteiger partial charge on any atom is -0.345 e. The lowest BCUT2D eigenvalue weighted by Crippen LogP contribution is -2.26. The van der Waals surface area contributed by atoms with Gasteiger partial charge >= 0.3 is 0 Å². The van der Waals surface area contributed by atoms with Gasteiger partial charge in [-0.05, 0) is 24.6 Å². The van der Waals surface area contributed by atoms with Gasteiger partial charge in [0, 0.05) is 18.0 Å². The SMILES string of the molecule is CC(NC(=O)c1cncnc1)c1cccc(C#CCN)c1. The Kier molecular flexibility index (Phi) is 5.02. The number of amides is 1. The molecule has 1 atom stereocenters. The Balaban J connectivity index is 2.10. The summed E-state index contributed by atoms with van der Waals surface area (Å²) in [6, 6.07) is 7.56. The molecule has 2 aromatic rings. The normalized spacial score (nSPS) is 11.1. The lowest BCUT2D eigenvalue weighted by Gasteiger charge is -2.14. The molecule has 0 fully saturated rings. The van der Waals surface area contributed by atoms with Crippen molar-refractivity contribution in [1.82, 2.24) is 15.3 Å². The maximum Gasteiger partial charge on any atom is 0.254 e. The molecule has 0 aliphatic carbocycles. The molecule has 1 aromatic carbocycles. The van der Waals surface area contributed by atoms with Crippen LogP contribution in [0.2, 0.25) is 0 Å². The van der Waals surface area contributed by atoms with Crippen LogP contribution in [0.3, 0.4) is 0 Å². The molecule has 106 valence electrons. The summed E-state index contributed by atoms with van der Waals surface area (Å²) in [5.74, 6) is 5.58. The molecule has 0 aliphatic rings.